The van der Waals surface area contributed by atoms with Crippen LogP contribution in [0.5, 0.6) is 5.75 Å². The van der Waals surface area contributed by atoms with Crippen LogP contribution in [0.3, 0.4) is 0 Å². The number of para-hydroxylation sites is 1. The van der Waals surface area contributed by atoms with Crippen molar-refractivity contribution < 1.29 is 9.53 Å². The van der Waals surface area contributed by atoms with E-state index in [0.717, 1.165) is 22.5 Å². The fourth-order valence-electron chi connectivity index (χ4n) is 3.16. The number of anilines is 1. The van der Waals surface area contributed by atoms with Crippen molar-refractivity contribution in [3.8, 4) is 5.75 Å². The molecule has 31 heavy (non-hydrogen) atoms. The van der Waals surface area contributed by atoms with E-state index >= 15 is 0 Å². The van der Waals surface area contributed by atoms with Crippen LogP contribution in [-0.2, 0) is 0 Å². The fraction of sp³-hybridized carbons (Fsp3) is 0.120. The third kappa shape index (κ3) is 4.59. The van der Waals surface area contributed by atoms with Gasteiger partial charge in [-0.2, -0.15) is 5.11 Å². The van der Waals surface area contributed by atoms with Gasteiger partial charge in [0.05, 0.1) is 16.9 Å². The zero-order valence-electron chi connectivity index (χ0n) is 17.6. The lowest BCUT2D eigenvalue weighted by Gasteiger charge is -2.11. The fourth-order valence-corrected chi connectivity index (χ4v) is 3.16. The number of aromatic nitrogens is 1. The van der Waals surface area contributed by atoms with Gasteiger partial charge in [0, 0.05) is 30.9 Å². The molecular formula is C25H22N4O2. The molecule has 0 radical (unpaired) electrons. The molecule has 6 heteroatoms. The first-order chi connectivity index (χ1) is 15.0. The normalized spacial score (nSPS) is 11.1. The summed E-state index contributed by atoms with van der Waals surface area (Å²) < 4.78 is 5.64. The van der Waals surface area contributed by atoms with Crippen LogP contribution in [-0.4, -0.2) is 25.0 Å². The molecule has 0 saturated heterocycles. The van der Waals surface area contributed by atoms with E-state index in [1.165, 1.54) is 0 Å². The number of hydrogen-bond acceptors (Lipinski definition) is 6. The van der Waals surface area contributed by atoms with Crippen LogP contribution in [0.25, 0.3) is 10.9 Å². The standard InChI is InChI=1S/C25H22N4O2/c1-17-16-22(28-27-19-12-14-20(15-13-19)29(2)3)21-10-7-11-23(24(21)26-17)31-25(30)18-8-5-4-6-9-18/h4-16H,1-3H3. The highest BCUT2D eigenvalue weighted by Gasteiger charge is 2.13. The lowest BCUT2D eigenvalue weighted by Crippen LogP contribution is -2.08. The van der Waals surface area contributed by atoms with Crippen molar-refractivity contribution >= 4 is 33.9 Å². The first-order valence-corrected chi connectivity index (χ1v) is 9.88. The number of carbonyl (C=O) groups is 1. The molecule has 0 unspecified atom stereocenters. The predicted molar refractivity (Wildman–Crippen MR) is 123 cm³/mol. The summed E-state index contributed by atoms with van der Waals surface area (Å²) in [5.41, 5.74) is 4.32. The molecule has 6 nitrogen and oxygen atoms in total. The largest absolute Gasteiger partial charge is 0.421 e. The third-order valence-electron chi connectivity index (χ3n) is 4.76. The highest BCUT2D eigenvalue weighted by molar-refractivity contribution is 5.97. The van der Waals surface area contributed by atoms with Gasteiger partial charge in [0.15, 0.2) is 5.75 Å². The summed E-state index contributed by atoms with van der Waals surface area (Å²) in [6, 6.07) is 24.0. The summed E-state index contributed by atoms with van der Waals surface area (Å²) >= 11 is 0. The summed E-state index contributed by atoms with van der Waals surface area (Å²) in [4.78, 5) is 19.1. The Balaban J connectivity index is 1.67. The number of ether oxygens (including phenoxy) is 1. The topological polar surface area (TPSA) is 67.2 Å². The minimum atomic E-state index is -0.430. The Morgan fingerprint density at radius 2 is 1.65 bits per heavy atom. The molecule has 0 aliphatic carbocycles. The number of fused-ring (bicyclic) bond motifs is 1. The molecular weight excluding hydrogens is 388 g/mol. The maximum absolute atomic E-state index is 12.5. The van der Waals surface area contributed by atoms with Gasteiger partial charge in [-0.1, -0.05) is 30.3 Å². The second-order valence-electron chi connectivity index (χ2n) is 7.30. The molecule has 0 fully saturated rings. The Labute approximate surface area is 180 Å². The Morgan fingerprint density at radius 3 is 2.35 bits per heavy atom. The molecule has 0 saturated carbocycles. The van der Waals surface area contributed by atoms with Crippen LogP contribution in [0, 0.1) is 6.92 Å². The SMILES string of the molecule is Cc1cc(N=Nc2ccc(N(C)C)cc2)c2cccc(OC(=O)c3ccccc3)c2n1. The van der Waals surface area contributed by atoms with Gasteiger partial charge in [-0.25, -0.2) is 9.78 Å². The van der Waals surface area contributed by atoms with E-state index in [2.05, 4.69) is 15.2 Å². The molecule has 0 bridgehead atoms. The van der Waals surface area contributed by atoms with Gasteiger partial charge in [-0.15, -0.1) is 5.11 Å². The zero-order valence-corrected chi connectivity index (χ0v) is 17.6. The number of pyridine rings is 1. The number of aryl methyl sites for hydroxylation is 1. The van der Waals surface area contributed by atoms with Crippen molar-refractivity contribution in [2.75, 3.05) is 19.0 Å². The Bertz CT molecular complexity index is 1250. The lowest BCUT2D eigenvalue weighted by atomic mass is 10.1. The molecule has 4 aromatic rings. The Hall–Kier alpha value is -4.06. The summed E-state index contributed by atoms with van der Waals surface area (Å²) in [6.07, 6.45) is 0. The first kappa shape index (κ1) is 20.2. The van der Waals surface area contributed by atoms with Crippen LogP contribution >= 0.6 is 0 Å². The average molecular weight is 410 g/mol. The predicted octanol–water partition coefficient (Wildman–Crippen LogP) is 6.24. The lowest BCUT2D eigenvalue weighted by molar-refractivity contribution is 0.0736. The van der Waals surface area contributed by atoms with E-state index < -0.39 is 5.97 Å². The van der Waals surface area contributed by atoms with E-state index in [4.69, 9.17) is 4.74 Å². The minimum Gasteiger partial charge on any atom is -0.421 e. The molecule has 1 aromatic heterocycles. The van der Waals surface area contributed by atoms with Crippen molar-refractivity contribution in [1.82, 2.24) is 4.98 Å². The van der Waals surface area contributed by atoms with E-state index in [1.54, 1.807) is 30.3 Å². The second-order valence-corrected chi connectivity index (χ2v) is 7.30. The monoisotopic (exact) mass is 410 g/mol. The highest BCUT2D eigenvalue weighted by atomic mass is 16.5. The number of esters is 1. The van der Waals surface area contributed by atoms with E-state index in [9.17, 15) is 4.79 Å². The number of carbonyl (C=O) groups excluding carboxylic acids is 1. The quantitative estimate of drug-likeness (QED) is 0.222. The van der Waals surface area contributed by atoms with Crippen molar-refractivity contribution in [2.24, 2.45) is 10.2 Å². The Morgan fingerprint density at radius 1 is 0.903 bits per heavy atom. The first-order valence-electron chi connectivity index (χ1n) is 9.88. The number of rotatable bonds is 5. The zero-order chi connectivity index (χ0) is 21.8. The molecule has 0 N–H and O–H groups in total. The van der Waals surface area contributed by atoms with Gasteiger partial charge in [-0.3, -0.25) is 0 Å². The van der Waals surface area contributed by atoms with Crippen molar-refractivity contribution in [1.29, 1.82) is 0 Å². The van der Waals surface area contributed by atoms with Crippen LogP contribution in [0.2, 0.25) is 0 Å². The summed E-state index contributed by atoms with van der Waals surface area (Å²) in [7, 11) is 3.98. The molecule has 0 aliphatic rings. The molecule has 0 spiro atoms. The smallest absolute Gasteiger partial charge is 0.343 e. The number of azo groups is 1. The van der Waals surface area contributed by atoms with Crippen molar-refractivity contribution in [2.45, 2.75) is 6.92 Å². The van der Waals surface area contributed by atoms with Crippen molar-refractivity contribution in [3.63, 3.8) is 0 Å². The van der Waals surface area contributed by atoms with Gasteiger partial charge in [0.1, 0.15) is 5.52 Å². The minimum absolute atomic E-state index is 0.391. The molecule has 3 aromatic carbocycles. The van der Waals surface area contributed by atoms with Gasteiger partial charge >= 0.3 is 5.97 Å². The number of hydrogen-bond donors (Lipinski definition) is 0. The van der Waals surface area contributed by atoms with Gasteiger partial charge in [0.2, 0.25) is 0 Å². The average Bonchev–Trinajstić information content (AvgIpc) is 2.78. The number of nitrogens with zero attached hydrogens (tertiary/aromatic N) is 4. The van der Waals surface area contributed by atoms with E-state index in [0.29, 0.717) is 22.5 Å². The molecule has 0 atom stereocenters. The number of benzene rings is 3. The maximum Gasteiger partial charge on any atom is 0.343 e. The van der Waals surface area contributed by atoms with E-state index in [1.807, 2.05) is 74.4 Å². The van der Waals surface area contributed by atoms with E-state index in [-0.39, 0.29) is 0 Å². The molecule has 1 heterocycles. The van der Waals surface area contributed by atoms with Gasteiger partial charge < -0.3 is 9.64 Å². The van der Waals surface area contributed by atoms with Crippen LogP contribution in [0.1, 0.15) is 16.1 Å². The third-order valence-corrected chi connectivity index (χ3v) is 4.76. The van der Waals surface area contributed by atoms with Gasteiger partial charge in [0.25, 0.3) is 0 Å². The molecule has 0 amide bonds. The molecule has 0 aliphatic heterocycles. The highest BCUT2D eigenvalue weighted by Crippen LogP contribution is 2.33. The summed E-state index contributed by atoms with van der Waals surface area (Å²) in [6.45, 7) is 1.88. The van der Waals surface area contributed by atoms with Crippen LogP contribution in [0.15, 0.2) is 89.1 Å². The summed E-state index contributed by atoms with van der Waals surface area (Å²) in [5, 5.41) is 9.59. The Kier molecular flexibility index (Phi) is 5.71. The molecule has 4 rings (SSSR count). The van der Waals surface area contributed by atoms with Gasteiger partial charge in [-0.05, 0) is 55.5 Å². The summed E-state index contributed by atoms with van der Waals surface area (Å²) in [5.74, 6) is -0.0394. The van der Waals surface area contributed by atoms with Crippen LogP contribution < -0.4 is 9.64 Å². The second kappa shape index (κ2) is 8.75. The maximum atomic E-state index is 12.5. The molecule has 154 valence electrons. The van der Waals surface area contributed by atoms with Crippen molar-refractivity contribution in [3.05, 3.63) is 90.1 Å². The van der Waals surface area contributed by atoms with Crippen LogP contribution in [0.4, 0.5) is 17.1 Å².